The van der Waals surface area contributed by atoms with Gasteiger partial charge in [-0.25, -0.2) is 0 Å². The van der Waals surface area contributed by atoms with Crippen LogP contribution in [0.1, 0.15) is 105 Å². The molecule has 0 saturated heterocycles. The van der Waals surface area contributed by atoms with Crippen LogP contribution in [0, 0.1) is 52.3 Å². The van der Waals surface area contributed by atoms with Gasteiger partial charge < -0.3 is 10.2 Å². The predicted octanol–water partition coefficient (Wildman–Crippen LogP) is 6.44. The quantitative estimate of drug-likeness (QED) is 0.553. The molecule has 29 heavy (non-hydrogen) atoms. The third-order valence-corrected chi connectivity index (χ3v) is 10.9. The van der Waals surface area contributed by atoms with Gasteiger partial charge in [-0.15, -0.1) is 0 Å². The number of aliphatic hydroxyl groups is 2. The van der Waals surface area contributed by atoms with Crippen LogP contribution in [0.25, 0.3) is 0 Å². The van der Waals surface area contributed by atoms with E-state index in [9.17, 15) is 10.2 Å². The molecule has 2 N–H and O–H groups in total. The molecular weight excluding hydrogens is 356 g/mol. The molecule has 0 heterocycles. The standard InChI is InChI=1S/C27H48O2/c1-17(2)7-6-8-18(3)21-9-10-22-25-23(12-14-27(21,22)5)26(4)13-11-20(28)15-19(26)16-24(25)29/h17-25,28-29H,6-16H2,1-5H3/t18?,19?,20-,21?,22?,23?,24-,25?,26?,27?/m1/s1. The molecule has 4 saturated carbocycles. The van der Waals surface area contributed by atoms with Crippen molar-refractivity contribution in [2.24, 2.45) is 52.3 Å². The predicted molar refractivity (Wildman–Crippen MR) is 120 cm³/mol. The van der Waals surface area contributed by atoms with Crippen molar-refractivity contribution >= 4 is 0 Å². The fraction of sp³-hybridized carbons (Fsp3) is 1.00. The van der Waals surface area contributed by atoms with Crippen LogP contribution in [-0.2, 0) is 0 Å². The number of aliphatic hydroxyl groups excluding tert-OH is 2. The van der Waals surface area contributed by atoms with Crippen LogP contribution in [0.5, 0.6) is 0 Å². The third-order valence-electron chi connectivity index (χ3n) is 10.9. The molecule has 4 rings (SSSR count). The Hall–Kier alpha value is -0.0800. The summed E-state index contributed by atoms with van der Waals surface area (Å²) in [6, 6.07) is 0. The molecule has 168 valence electrons. The largest absolute Gasteiger partial charge is 0.393 e. The highest BCUT2D eigenvalue weighted by atomic mass is 16.3. The van der Waals surface area contributed by atoms with Crippen molar-refractivity contribution in [1.29, 1.82) is 0 Å². The Bertz CT molecular complexity index is 573. The van der Waals surface area contributed by atoms with Crippen LogP contribution in [0.15, 0.2) is 0 Å². The summed E-state index contributed by atoms with van der Waals surface area (Å²) in [5.41, 5.74) is 0.794. The van der Waals surface area contributed by atoms with Crippen molar-refractivity contribution in [3.05, 3.63) is 0 Å². The lowest BCUT2D eigenvalue weighted by Gasteiger charge is -2.62. The third kappa shape index (κ3) is 3.73. The van der Waals surface area contributed by atoms with E-state index in [-0.39, 0.29) is 12.2 Å². The van der Waals surface area contributed by atoms with Gasteiger partial charge in [0.2, 0.25) is 0 Å². The molecule has 8 unspecified atom stereocenters. The Balaban J connectivity index is 1.50. The molecule has 2 nitrogen and oxygen atoms in total. The zero-order valence-corrected chi connectivity index (χ0v) is 19.9. The summed E-state index contributed by atoms with van der Waals surface area (Å²) < 4.78 is 0. The van der Waals surface area contributed by atoms with E-state index in [2.05, 4.69) is 34.6 Å². The summed E-state index contributed by atoms with van der Waals surface area (Å²) in [5.74, 6) is 4.94. The number of fused-ring (bicyclic) bond motifs is 5. The van der Waals surface area contributed by atoms with E-state index < -0.39 is 0 Å². The second-order valence-corrected chi connectivity index (χ2v) is 12.8. The van der Waals surface area contributed by atoms with Crippen LogP contribution in [0.4, 0.5) is 0 Å². The van der Waals surface area contributed by atoms with E-state index in [4.69, 9.17) is 0 Å². The van der Waals surface area contributed by atoms with Gasteiger partial charge in [0.15, 0.2) is 0 Å². The molecule has 10 atom stereocenters. The minimum Gasteiger partial charge on any atom is -0.393 e. The molecule has 2 heteroatoms. The molecule has 0 spiro atoms. The fourth-order valence-corrected chi connectivity index (χ4v) is 9.22. The Morgan fingerprint density at radius 1 is 0.828 bits per heavy atom. The summed E-state index contributed by atoms with van der Waals surface area (Å²) in [5, 5.41) is 21.6. The van der Waals surface area contributed by atoms with Gasteiger partial charge in [0, 0.05) is 0 Å². The highest BCUT2D eigenvalue weighted by molar-refractivity contribution is 5.11. The zero-order chi connectivity index (χ0) is 21.0. The SMILES string of the molecule is CC(C)CCCC(C)C1CCC2C3C(CCC12C)C1(C)CC[C@@H](O)CC1C[C@H]3O. The van der Waals surface area contributed by atoms with Crippen molar-refractivity contribution < 1.29 is 10.2 Å². The Kier molecular flexibility index (Phi) is 6.19. The van der Waals surface area contributed by atoms with E-state index >= 15 is 0 Å². The van der Waals surface area contributed by atoms with Crippen LogP contribution >= 0.6 is 0 Å². The molecule has 0 radical (unpaired) electrons. The van der Waals surface area contributed by atoms with Gasteiger partial charge in [-0.1, -0.05) is 53.9 Å². The van der Waals surface area contributed by atoms with E-state index in [0.29, 0.717) is 28.6 Å². The van der Waals surface area contributed by atoms with Crippen LogP contribution in [-0.4, -0.2) is 22.4 Å². The Morgan fingerprint density at radius 3 is 2.24 bits per heavy atom. The molecule has 4 aliphatic rings. The van der Waals surface area contributed by atoms with E-state index in [0.717, 1.165) is 42.9 Å². The second-order valence-electron chi connectivity index (χ2n) is 12.8. The monoisotopic (exact) mass is 404 g/mol. The van der Waals surface area contributed by atoms with Gasteiger partial charge in [-0.05, 0) is 104 Å². The van der Waals surface area contributed by atoms with Crippen LogP contribution in [0.3, 0.4) is 0 Å². The van der Waals surface area contributed by atoms with Crippen LogP contribution < -0.4 is 0 Å². The summed E-state index contributed by atoms with van der Waals surface area (Å²) in [6.07, 6.45) is 13.3. The first-order valence-corrected chi connectivity index (χ1v) is 13.0. The van der Waals surface area contributed by atoms with E-state index in [1.807, 2.05) is 0 Å². The molecule has 0 aromatic carbocycles. The molecular formula is C27H48O2. The molecule has 0 amide bonds. The fourth-order valence-electron chi connectivity index (χ4n) is 9.22. The normalized spacial score (nSPS) is 50.7. The first kappa shape index (κ1) is 22.1. The number of hydrogen-bond donors (Lipinski definition) is 2. The van der Waals surface area contributed by atoms with Gasteiger partial charge in [-0.2, -0.15) is 0 Å². The van der Waals surface area contributed by atoms with Crippen molar-refractivity contribution in [1.82, 2.24) is 0 Å². The Labute approximate surface area is 180 Å². The lowest BCUT2D eigenvalue weighted by molar-refractivity contribution is -0.174. The van der Waals surface area contributed by atoms with Gasteiger partial charge >= 0.3 is 0 Å². The van der Waals surface area contributed by atoms with Crippen molar-refractivity contribution in [2.75, 3.05) is 0 Å². The lowest BCUT2D eigenvalue weighted by atomic mass is 9.43. The average Bonchev–Trinajstić information content (AvgIpc) is 3.00. The number of rotatable bonds is 5. The van der Waals surface area contributed by atoms with Crippen molar-refractivity contribution in [2.45, 2.75) is 117 Å². The van der Waals surface area contributed by atoms with Crippen molar-refractivity contribution in [3.63, 3.8) is 0 Å². The maximum absolute atomic E-state index is 11.4. The van der Waals surface area contributed by atoms with Gasteiger partial charge in [0.05, 0.1) is 12.2 Å². The smallest absolute Gasteiger partial charge is 0.0577 e. The lowest BCUT2D eigenvalue weighted by Crippen LogP contribution is -2.58. The summed E-state index contributed by atoms with van der Waals surface area (Å²) in [4.78, 5) is 0. The molecule has 0 aromatic rings. The summed E-state index contributed by atoms with van der Waals surface area (Å²) in [6.45, 7) is 12.4. The minimum absolute atomic E-state index is 0.131. The molecule has 0 aliphatic heterocycles. The average molecular weight is 405 g/mol. The van der Waals surface area contributed by atoms with Gasteiger partial charge in [-0.3, -0.25) is 0 Å². The minimum atomic E-state index is -0.136. The Morgan fingerprint density at radius 2 is 1.52 bits per heavy atom. The molecule has 4 aliphatic carbocycles. The van der Waals surface area contributed by atoms with E-state index in [1.165, 1.54) is 51.4 Å². The first-order valence-electron chi connectivity index (χ1n) is 13.0. The van der Waals surface area contributed by atoms with Crippen LogP contribution in [0.2, 0.25) is 0 Å². The maximum Gasteiger partial charge on any atom is 0.0577 e. The maximum atomic E-state index is 11.4. The molecule has 4 fully saturated rings. The number of hydrogen-bond acceptors (Lipinski definition) is 2. The van der Waals surface area contributed by atoms with Gasteiger partial charge in [0.1, 0.15) is 0 Å². The molecule has 0 aromatic heterocycles. The van der Waals surface area contributed by atoms with Gasteiger partial charge in [0.25, 0.3) is 0 Å². The highest BCUT2D eigenvalue weighted by Gasteiger charge is 2.62. The van der Waals surface area contributed by atoms with Crippen molar-refractivity contribution in [3.8, 4) is 0 Å². The molecule has 0 bridgehead atoms. The zero-order valence-electron chi connectivity index (χ0n) is 19.9. The van der Waals surface area contributed by atoms with E-state index in [1.54, 1.807) is 0 Å². The topological polar surface area (TPSA) is 40.5 Å². The second kappa shape index (κ2) is 8.12. The summed E-state index contributed by atoms with van der Waals surface area (Å²) >= 11 is 0. The first-order chi connectivity index (χ1) is 13.7. The highest BCUT2D eigenvalue weighted by Crippen LogP contribution is 2.68. The summed E-state index contributed by atoms with van der Waals surface area (Å²) in [7, 11) is 0.